The van der Waals surface area contributed by atoms with Crippen LogP contribution in [-0.2, 0) is 16.0 Å². The van der Waals surface area contributed by atoms with Gasteiger partial charge in [-0.15, -0.1) is 0 Å². The average Bonchev–Trinajstić information content (AvgIpc) is 2.94. The Bertz CT molecular complexity index is 803. The molecule has 1 fully saturated rings. The first-order chi connectivity index (χ1) is 12.4. The van der Waals surface area contributed by atoms with Crippen molar-refractivity contribution in [1.82, 2.24) is 14.9 Å². The summed E-state index contributed by atoms with van der Waals surface area (Å²) in [6.07, 6.45) is 0.806. The zero-order chi connectivity index (χ0) is 18.7. The Hall–Kier alpha value is -2.83. The molecule has 26 heavy (non-hydrogen) atoms. The smallest absolute Gasteiger partial charge is 0.232 e. The number of anilines is 1. The largest absolute Gasteiger partial charge is 0.342 e. The van der Waals surface area contributed by atoms with E-state index in [1.54, 1.807) is 17.0 Å². The maximum atomic E-state index is 12.9. The minimum atomic E-state index is -0.417. The van der Waals surface area contributed by atoms with E-state index in [-0.39, 0.29) is 30.0 Å². The molecule has 0 spiro atoms. The highest BCUT2D eigenvalue weighted by Crippen LogP contribution is 2.20. The summed E-state index contributed by atoms with van der Waals surface area (Å²) >= 11 is 0. The fourth-order valence-electron chi connectivity index (χ4n) is 3.07. The summed E-state index contributed by atoms with van der Waals surface area (Å²) in [4.78, 5) is 34.7. The molecule has 1 unspecified atom stereocenters. The normalized spacial score (nSPS) is 16.8. The molecular formula is C19H21FN4O2. The van der Waals surface area contributed by atoms with Crippen molar-refractivity contribution in [2.24, 2.45) is 5.92 Å². The highest BCUT2D eigenvalue weighted by Gasteiger charge is 2.34. The third-order valence-electron chi connectivity index (χ3n) is 4.39. The Morgan fingerprint density at radius 3 is 2.54 bits per heavy atom. The summed E-state index contributed by atoms with van der Waals surface area (Å²) in [5, 5.41) is 2.70. The Labute approximate surface area is 151 Å². The molecule has 1 aliphatic rings. The first-order valence-corrected chi connectivity index (χ1v) is 8.56. The van der Waals surface area contributed by atoms with Crippen LogP contribution in [-0.4, -0.2) is 39.8 Å². The molecule has 0 radical (unpaired) electrons. The number of halogens is 1. The number of nitrogens with one attached hydrogen (secondary N) is 1. The minimum Gasteiger partial charge on any atom is -0.342 e. The molecule has 1 aromatic carbocycles. The van der Waals surface area contributed by atoms with Gasteiger partial charge in [0.25, 0.3) is 0 Å². The molecule has 7 heteroatoms. The number of aryl methyl sites for hydroxylation is 2. The summed E-state index contributed by atoms with van der Waals surface area (Å²) in [6.45, 7) is 4.55. The second-order valence-corrected chi connectivity index (χ2v) is 6.58. The Morgan fingerprint density at radius 2 is 1.88 bits per heavy atom. The first kappa shape index (κ1) is 18.0. The molecular weight excluding hydrogens is 335 g/mol. The van der Waals surface area contributed by atoms with Crippen LogP contribution in [0.2, 0.25) is 0 Å². The van der Waals surface area contributed by atoms with Crippen LogP contribution in [0.4, 0.5) is 10.3 Å². The van der Waals surface area contributed by atoms with Gasteiger partial charge in [0.2, 0.25) is 17.8 Å². The number of carbonyl (C=O) groups excluding carboxylic acids is 2. The average molecular weight is 356 g/mol. The molecule has 1 aliphatic heterocycles. The van der Waals surface area contributed by atoms with E-state index in [0.717, 1.165) is 17.0 Å². The highest BCUT2D eigenvalue weighted by atomic mass is 19.1. The van der Waals surface area contributed by atoms with Crippen molar-refractivity contribution in [3.05, 3.63) is 53.1 Å². The van der Waals surface area contributed by atoms with E-state index in [1.165, 1.54) is 12.1 Å². The maximum Gasteiger partial charge on any atom is 0.232 e. The van der Waals surface area contributed by atoms with E-state index in [4.69, 9.17) is 0 Å². The van der Waals surface area contributed by atoms with E-state index in [2.05, 4.69) is 15.3 Å². The summed E-state index contributed by atoms with van der Waals surface area (Å²) in [5.74, 6) is -0.720. The van der Waals surface area contributed by atoms with E-state index in [0.29, 0.717) is 19.5 Å². The molecule has 6 nitrogen and oxygen atoms in total. The summed E-state index contributed by atoms with van der Waals surface area (Å²) in [7, 11) is 0. The van der Waals surface area contributed by atoms with Crippen molar-refractivity contribution in [2.75, 3.05) is 18.4 Å². The fraction of sp³-hybridized carbons (Fsp3) is 0.368. The highest BCUT2D eigenvalue weighted by molar-refractivity contribution is 5.96. The van der Waals surface area contributed by atoms with Gasteiger partial charge in [0.15, 0.2) is 0 Å². The number of rotatable bonds is 5. The van der Waals surface area contributed by atoms with Crippen LogP contribution >= 0.6 is 0 Å². The van der Waals surface area contributed by atoms with E-state index >= 15 is 0 Å². The van der Waals surface area contributed by atoms with Gasteiger partial charge in [-0.05, 0) is 44.0 Å². The third kappa shape index (κ3) is 4.41. The van der Waals surface area contributed by atoms with Crippen LogP contribution in [0.5, 0.6) is 0 Å². The van der Waals surface area contributed by atoms with Crippen molar-refractivity contribution < 1.29 is 14.0 Å². The van der Waals surface area contributed by atoms with Gasteiger partial charge in [0.1, 0.15) is 5.82 Å². The SMILES string of the molecule is Cc1cc(C)nc(NC(=O)C2CC(=O)N(CCc3ccc(F)cc3)C2)n1. The number of aromatic nitrogens is 2. The second kappa shape index (κ2) is 7.59. The zero-order valence-corrected chi connectivity index (χ0v) is 14.8. The van der Waals surface area contributed by atoms with Gasteiger partial charge in [-0.1, -0.05) is 12.1 Å². The molecule has 0 bridgehead atoms. The number of nitrogens with zero attached hydrogens (tertiary/aromatic N) is 3. The van der Waals surface area contributed by atoms with Gasteiger partial charge in [0.05, 0.1) is 5.92 Å². The molecule has 0 aliphatic carbocycles. The lowest BCUT2D eigenvalue weighted by Crippen LogP contribution is -2.30. The van der Waals surface area contributed by atoms with Gasteiger partial charge >= 0.3 is 0 Å². The quantitative estimate of drug-likeness (QED) is 0.892. The Balaban J connectivity index is 1.56. The standard InChI is InChI=1S/C19H21FN4O2/c1-12-9-13(2)22-19(21-12)23-18(26)15-10-17(25)24(11-15)8-7-14-3-5-16(20)6-4-14/h3-6,9,15H,7-8,10-11H2,1-2H3,(H,21,22,23,26). The first-order valence-electron chi connectivity index (χ1n) is 8.56. The lowest BCUT2D eigenvalue weighted by molar-refractivity contribution is -0.128. The number of hydrogen-bond acceptors (Lipinski definition) is 4. The molecule has 2 heterocycles. The molecule has 1 N–H and O–H groups in total. The van der Waals surface area contributed by atoms with E-state index in [9.17, 15) is 14.0 Å². The molecule has 2 amide bonds. The van der Waals surface area contributed by atoms with Crippen molar-refractivity contribution in [1.29, 1.82) is 0 Å². The van der Waals surface area contributed by atoms with Crippen LogP contribution < -0.4 is 5.32 Å². The number of hydrogen-bond donors (Lipinski definition) is 1. The molecule has 1 atom stereocenters. The van der Waals surface area contributed by atoms with Crippen LogP contribution in [0.3, 0.4) is 0 Å². The van der Waals surface area contributed by atoms with Crippen molar-refractivity contribution >= 4 is 17.8 Å². The lowest BCUT2D eigenvalue weighted by Gasteiger charge is -2.16. The fourth-order valence-corrected chi connectivity index (χ4v) is 3.07. The summed E-state index contributed by atoms with van der Waals surface area (Å²) < 4.78 is 12.9. The van der Waals surface area contributed by atoms with Crippen molar-refractivity contribution in [2.45, 2.75) is 26.7 Å². The molecule has 136 valence electrons. The van der Waals surface area contributed by atoms with Crippen molar-refractivity contribution in [3.63, 3.8) is 0 Å². The van der Waals surface area contributed by atoms with Gasteiger partial charge < -0.3 is 4.90 Å². The van der Waals surface area contributed by atoms with E-state index < -0.39 is 5.92 Å². The number of benzene rings is 1. The van der Waals surface area contributed by atoms with Gasteiger partial charge in [-0.25, -0.2) is 14.4 Å². The van der Waals surface area contributed by atoms with Crippen molar-refractivity contribution in [3.8, 4) is 0 Å². The number of likely N-dealkylation sites (tertiary alicyclic amines) is 1. The minimum absolute atomic E-state index is 0.0476. The predicted molar refractivity (Wildman–Crippen MR) is 94.9 cm³/mol. The van der Waals surface area contributed by atoms with Crippen LogP contribution in [0.15, 0.2) is 30.3 Å². The summed E-state index contributed by atoms with van der Waals surface area (Å²) in [6, 6.07) is 8.04. The third-order valence-corrected chi connectivity index (χ3v) is 4.39. The van der Waals surface area contributed by atoms with Gasteiger partial charge in [-0.2, -0.15) is 0 Å². The van der Waals surface area contributed by atoms with Gasteiger partial charge in [-0.3, -0.25) is 14.9 Å². The predicted octanol–water partition coefficient (Wildman–Crippen LogP) is 2.26. The monoisotopic (exact) mass is 356 g/mol. The molecule has 3 rings (SSSR count). The second-order valence-electron chi connectivity index (χ2n) is 6.58. The maximum absolute atomic E-state index is 12.9. The molecule has 1 saturated heterocycles. The van der Waals surface area contributed by atoms with Gasteiger partial charge in [0, 0.05) is 30.9 Å². The molecule has 0 saturated carbocycles. The lowest BCUT2D eigenvalue weighted by atomic mass is 10.1. The topological polar surface area (TPSA) is 75.2 Å². The van der Waals surface area contributed by atoms with Crippen LogP contribution in [0.25, 0.3) is 0 Å². The number of amides is 2. The summed E-state index contributed by atoms with van der Waals surface area (Å²) in [5.41, 5.74) is 2.50. The Morgan fingerprint density at radius 1 is 1.23 bits per heavy atom. The van der Waals surface area contributed by atoms with Crippen LogP contribution in [0, 0.1) is 25.6 Å². The van der Waals surface area contributed by atoms with E-state index in [1.807, 2.05) is 19.9 Å². The molecule has 2 aromatic rings. The molecule has 1 aromatic heterocycles. The zero-order valence-electron chi connectivity index (χ0n) is 14.8. The number of carbonyl (C=O) groups is 2. The van der Waals surface area contributed by atoms with Crippen LogP contribution in [0.1, 0.15) is 23.4 Å². The Kier molecular flexibility index (Phi) is 5.25.